The van der Waals surface area contributed by atoms with Crippen molar-refractivity contribution in [3.8, 4) is 0 Å². The number of aliphatic hydroxyl groups is 1. The highest BCUT2D eigenvalue weighted by molar-refractivity contribution is 5.73. The average Bonchev–Trinajstić information content (AvgIpc) is 2.04. The first-order valence-corrected chi connectivity index (χ1v) is 3.59. The summed E-state index contributed by atoms with van der Waals surface area (Å²) < 4.78 is 9.45. The van der Waals surface area contributed by atoms with Gasteiger partial charge in [0, 0.05) is 6.61 Å². The Balaban J connectivity index is 2.47. The molecule has 0 unspecified atom stereocenters. The Hall–Kier alpha value is -0.610. The van der Waals surface area contributed by atoms with Crippen LogP contribution in [0.25, 0.3) is 0 Å². The summed E-state index contributed by atoms with van der Waals surface area (Å²) in [4.78, 5) is 10.9. The quantitative estimate of drug-likeness (QED) is 0.528. The number of ether oxygens (including phenoxy) is 2. The predicted octanol–water partition coefficient (Wildman–Crippen LogP) is -0.443. The molecule has 2 atom stereocenters. The summed E-state index contributed by atoms with van der Waals surface area (Å²) in [5.41, 5.74) is 0. The Morgan fingerprint density at radius 2 is 2.45 bits per heavy atom. The van der Waals surface area contributed by atoms with Crippen molar-refractivity contribution in [3.05, 3.63) is 0 Å². The summed E-state index contributed by atoms with van der Waals surface area (Å²) in [6, 6.07) is 0. The van der Waals surface area contributed by atoms with Gasteiger partial charge in [-0.2, -0.15) is 0 Å². The molecule has 0 radical (unpaired) electrons. The van der Waals surface area contributed by atoms with Crippen molar-refractivity contribution in [2.45, 2.75) is 12.5 Å². The van der Waals surface area contributed by atoms with Gasteiger partial charge in [0.1, 0.15) is 0 Å². The monoisotopic (exact) mass is 160 g/mol. The van der Waals surface area contributed by atoms with Crippen LogP contribution in [0, 0.1) is 5.92 Å². The van der Waals surface area contributed by atoms with Gasteiger partial charge in [-0.3, -0.25) is 4.79 Å². The van der Waals surface area contributed by atoms with Crippen molar-refractivity contribution in [2.24, 2.45) is 5.92 Å². The van der Waals surface area contributed by atoms with Crippen LogP contribution in [0.15, 0.2) is 0 Å². The summed E-state index contributed by atoms with van der Waals surface area (Å²) in [6.45, 7) is 0.761. The Morgan fingerprint density at radius 1 is 1.73 bits per heavy atom. The lowest BCUT2D eigenvalue weighted by Crippen LogP contribution is -2.37. The molecule has 0 aromatic carbocycles. The van der Waals surface area contributed by atoms with Gasteiger partial charge in [-0.05, 0) is 6.42 Å². The topological polar surface area (TPSA) is 55.8 Å². The first kappa shape index (κ1) is 8.49. The molecule has 0 bridgehead atoms. The lowest BCUT2D eigenvalue weighted by atomic mass is 9.98. The SMILES string of the molecule is COC(=O)[C@H]1CCOC[C@H]1O. The van der Waals surface area contributed by atoms with Gasteiger partial charge in [0.25, 0.3) is 0 Å². The summed E-state index contributed by atoms with van der Waals surface area (Å²) in [7, 11) is 1.32. The maximum Gasteiger partial charge on any atom is 0.311 e. The second kappa shape index (κ2) is 3.69. The van der Waals surface area contributed by atoms with Gasteiger partial charge in [0.05, 0.1) is 25.7 Å². The molecule has 1 N–H and O–H groups in total. The molecule has 1 rings (SSSR count). The largest absolute Gasteiger partial charge is 0.469 e. The highest BCUT2D eigenvalue weighted by Crippen LogP contribution is 2.16. The van der Waals surface area contributed by atoms with E-state index in [1.165, 1.54) is 7.11 Å². The maximum absolute atomic E-state index is 10.9. The first-order valence-electron chi connectivity index (χ1n) is 3.59. The van der Waals surface area contributed by atoms with E-state index in [0.717, 1.165) is 0 Å². The third-order valence-electron chi connectivity index (χ3n) is 1.83. The van der Waals surface area contributed by atoms with E-state index < -0.39 is 12.0 Å². The first-order chi connectivity index (χ1) is 5.25. The molecule has 1 fully saturated rings. The fourth-order valence-electron chi connectivity index (χ4n) is 1.15. The molecule has 11 heavy (non-hydrogen) atoms. The van der Waals surface area contributed by atoms with Gasteiger partial charge in [0.15, 0.2) is 0 Å². The number of aliphatic hydroxyl groups excluding tert-OH is 1. The molecule has 0 aliphatic carbocycles. The zero-order chi connectivity index (χ0) is 8.27. The van der Waals surface area contributed by atoms with Crippen LogP contribution in [0.4, 0.5) is 0 Å². The van der Waals surface area contributed by atoms with Crippen LogP contribution in [0.1, 0.15) is 6.42 Å². The highest BCUT2D eigenvalue weighted by Gasteiger charge is 2.30. The van der Waals surface area contributed by atoms with E-state index in [2.05, 4.69) is 4.74 Å². The molecule has 0 spiro atoms. The summed E-state index contributed by atoms with van der Waals surface area (Å²) in [5, 5.41) is 9.24. The minimum Gasteiger partial charge on any atom is -0.469 e. The minimum absolute atomic E-state index is 0.236. The lowest BCUT2D eigenvalue weighted by Gasteiger charge is -2.25. The number of esters is 1. The molecule has 4 nitrogen and oxygen atoms in total. The number of rotatable bonds is 1. The molecule has 1 aliphatic rings. The Morgan fingerprint density at radius 3 is 3.00 bits per heavy atom. The minimum atomic E-state index is -0.698. The lowest BCUT2D eigenvalue weighted by molar-refractivity contribution is -0.156. The second-order valence-corrected chi connectivity index (χ2v) is 2.56. The molecular formula is C7H12O4. The fraction of sp³-hybridized carbons (Fsp3) is 0.857. The predicted molar refractivity (Wildman–Crippen MR) is 36.9 cm³/mol. The van der Waals surface area contributed by atoms with Crippen molar-refractivity contribution < 1.29 is 19.4 Å². The number of carbonyl (C=O) groups excluding carboxylic acids is 1. The van der Waals surface area contributed by atoms with Gasteiger partial charge >= 0.3 is 5.97 Å². The Bertz CT molecular complexity index is 145. The van der Waals surface area contributed by atoms with Gasteiger partial charge in [-0.1, -0.05) is 0 Å². The van der Waals surface area contributed by atoms with Crippen LogP contribution in [0.2, 0.25) is 0 Å². The van der Waals surface area contributed by atoms with E-state index in [-0.39, 0.29) is 12.6 Å². The third-order valence-corrected chi connectivity index (χ3v) is 1.83. The zero-order valence-electron chi connectivity index (χ0n) is 6.45. The Labute approximate surface area is 65.1 Å². The molecule has 1 saturated heterocycles. The van der Waals surface area contributed by atoms with E-state index in [0.29, 0.717) is 13.0 Å². The molecule has 0 aromatic heterocycles. The molecular weight excluding hydrogens is 148 g/mol. The van der Waals surface area contributed by atoms with Crippen LogP contribution in [-0.2, 0) is 14.3 Å². The molecule has 0 aromatic rings. The zero-order valence-corrected chi connectivity index (χ0v) is 6.45. The van der Waals surface area contributed by atoms with Crippen molar-refractivity contribution in [2.75, 3.05) is 20.3 Å². The molecule has 1 heterocycles. The number of hydrogen-bond donors (Lipinski definition) is 1. The van der Waals surface area contributed by atoms with Gasteiger partial charge in [0.2, 0.25) is 0 Å². The molecule has 4 heteroatoms. The van der Waals surface area contributed by atoms with E-state index in [4.69, 9.17) is 4.74 Å². The number of hydrogen-bond acceptors (Lipinski definition) is 4. The number of carbonyl (C=O) groups is 1. The maximum atomic E-state index is 10.9. The van der Waals surface area contributed by atoms with Gasteiger partial charge in [-0.25, -0.2) is 0 Å². The van der Waals surface area contributed by atoms with Crippen molar-refractivity contribution in [3.63, 3.8) is 0 Å². The van der Waals surface area contributed by atoms with Crippen LogP contribution in [-0.4, -0.2) is 37.5 Å². The summed E-state index contributed by atoms with van der Waals surface area (Å²) >= 11 is 0. The van der Waals surface area contributed by atoms with Gasteiger partial charge in [-0.15, -0.1) is 0 Å². The standard InChI is InChI=1S/C7H12O4/c1-10-7(9)5-2-3-11-4-6(5)8/h5-6,8H,2-4H2,1H3/t5-,6+/m0/s1. The third kappa shape index (κ3) is 1.91. The van der Waals surface area contributed by atoms with Gasteiger partial charge < -0.3 is 14.6 Å². The molecule has 1 aliphatic heterocycles. The number of methoxy groups -OCH3 is 1. The second-order valence-electron chi connectivity index (χ2n) is 2.56. The van der Waals surface area contributed by atoms with E-state index >= 15 is 0 Å². The van der Waals surface area contributed by atoms with Crippen LogP contribution >= 0.6 is 0 Å². The van der Waals surface area contributed by atoms with E-state index in [1.54, 1.807) is 0 Å². The molecule has 0 amide bonds. The highest BCUT2D eigenvalue weighted by atomic mass is 16.5. The van der Waals surface area contributed by atoms with Crippen molar-refractivity contribution in [1.82, 2.24) is 0 Å². The van der Waals surface area contributed by atoms with Crippen molar-refractivity contribution >= 4 is 5.97 Å². The van der Waals surface area contributed by atoms with Crippen molar-refractivity contribution in [1.29, 1.82) is 0 Å². The van der Waals surface area contributed by atoms with Crippen LogP contribution < -0.4 is 0 Å². The summed E-state index contributed by atoms with van der Waals surface area (Å²) in [6.07, 6.45) is -0.149. The van der Waals surface area contributed by atoms with E-state index in [1.807, 2.05) is 0 Å². The normalized spacial score (nSPS) is 31.5. The molecule has 0 saturated carbocycles. The van der Waals surface area contributed by atoms with Crippen LogP contribution in [0.3, 0.4) is 0 Å². The fourth-order valence-corrected chi connectivity index (χ4v) is 1.15. The Kier molecular flexibility index (Phi) is 2.84. The van der Waals surface area contributed by atoms with Crippen LogP contribution in [0.5, 0.6) is 0 Å². The molecule has 64 valence electrons. The summed E-state index contributed by atoms with van der Waals surface area (Å²) in [5.74, 6) is -0.741. The average molecular weight is 160 g/mol. The van der Waals surface area contributed by atoms with E-state index in [9.17, 15) is 9.90 Å². The smallest absolute Gasteiger partial charge is 0.311 e.